The molecule has 0 spiro atoms. The molecule has 1 saturated carbocycles. The topological polar surface area (TPSA) is 105 Å². The van der Waals surface area contributed by atoms with E-state index < -0.39 is 0 Å². The number of rotatable bonds is 6. The highest BCUT2D eigenvalue weighted by atomic mass is 35.5. The third-order valence-corrected chi connectivity index (χ3v) is 6.42. The highest BCUT2D eigenvalue weighted by Crippen LogP contribution is 2.31. The molecule has 1 aliphatic carbocycles. The number of amides is 1. The summed E-state index contributed by atoms with van der Waals surface area (Å²) < 4.78 is 11.3. The van der Waals surface area contributed by atoms with Crippen LogP contribution >= 0.6 is 11.6 Å². The van der Waals surface area contributed by atoms with Crippen LogP contribution < -0.4 is 15.0 Å². The first-order valence-corrected chi connectivity index (χ1v) is 11.3. The Morgan fingerprint density at radius 3 is 2.69 bits per heavy atom. The number of ether oxygens (including phenoxy) is 1. The van der Waals surface area contributed by atoms with Crippen molar-refractivity contribution in [3.05, 3.63) is 40.5 Å². The molecule has 9 nitrogen and oxygen atoms in total. The van der Waals surface area contributed by atoms with Gasteiger partial charge in [-0.2, -0.15) is 4.98 Å². The van der Waals surface area contributed by atoms with Crippen molar-refractivity contribution < 1.29 is 19.2 Å². The van der Waals surface area contributed by atoms with E-state index in [4.69, 9.17) is 27.4 Å². The molecule has 10 heteroatoms. The van der Waals surface area contributed by atoms with E-state index in [2.05, 4.69) is 20.3 Å². The van der Waals surface area contributed by atoms with Crippen molar-refractivity contribution in [2.24, 2.45) is 5.92 Å². The van der Waals surface area contributed by atoms with Gasteiger partial charge in [0.25, 0.3) is 11.7 Å². The lowest BCUT2D eigenvalue weighted by Gasteiger charge is -2.29. The number of nitrogens with zero attached hydrogens (tertiary/aromatic N) is 4. The quantitative estimate of drug-likeness (QED) is 0.636. The Morgan fingerprint density at radius 2 is 2.03 bits per heavy atom. The predicted octanol–water partition coefficient (Wildman–Crippen LogP) is 3.60. The molecular formula is C22H26ClN5O4. The molecule has 1 aliphatic heterocycles. The predicted molar refractivity (Wildman–Crippen MR) is 118 cm³/mol. The molecule has 0 bridgehead atoms. The molecule has 0 unspecified atom stereocenters. The van der Waals surface area contributed by atoms with Crippen LogP contribution in [0.2, 0.25) is 5.02 Å². The third-order valence-electron chi connectivity index (χ3n) is 6.11. The van der Waals surface area contributed by atoms with Crippen LogP contribution in [0.15, 0.2) is 22.7 Å². The fourth-order valence-corrected chi connectivity index (χ4v) is 4.37. The minimum absolute atomic E-state index is 0.0256. The van der Waals surface area contributed by atoms with Crippen molar-refractivity contribution >= 4 is 29.2 Å². The molecule has 1 aromatic heterocycles. The van der Waals surface area contributed by atoms with Crippen molar-refractivity contribution in [3.8, 4) is 5.75 Å². The summed E-state index contributed by atoms with van der Waals surface area (Å²) in [6.07, 6.45) is 4.92. The van der Waals surface area contributed by atoms with Crippen LogP contribution in [0.25, 0.3) is 4.85 Å². The first-order valence-electron chi connectivity index (χ1n) is 10.9. The number of aliphatic hydroxyl groups excluding tert-OH is 1. The van der Waals surface area contributed by atoms with Gasteiger partial charge in [-0.3, -0.25) is 4.79 Å². The molecule has 1 saturated heterocycles. The van der Waals surface area contributed by atoms with E-state index in [1.807, 2.05) is 4.90 Å². The number of hydrogen-bond acceptors (Lipinski definition) is 7. The van der Waals surface area contributed by atoms with Crippen LogP contribution in [0.5, 0.6) is 5.75 Å². The Balaban J connectivity index is 1.24. The number of carbonyl (C=O) groups is 1. The summed E-state index contributed by atoms with van der Waals surface area (Å²) in [5.74, 6) is 0.664. The minimum Gasteiger partial charge on any atom is -0.490 e. The van der Waals surface area contributed by atoms with Gasteiger partial charge in [-0.15, -0.1) is 0 Å². The van der Waals surface area contributed by atoms with Gasteiger partial charge in [0.2, 0.25) is 5.69 Å². The van der Waals surface area contributed by atoms with Gasteiger partial charge in [0.1, 0.15) is 5.75 Å². The van der Waals surface area contributed by atoms with Crippen LogP contribution in [0.3, 0.4) is 0 Å². The summed E-state index contributed by atoms with van der Waals surface area (Å²) in [7, 11) is 0. The molecule has 32 heavy (non-hydrogen) atoms. The highest BCUT2D eigenvalue weighted by molar-refractivity contribution is 6.33. The van der Waals surface area contributed by atoms with Crippen LogP contribution in [0.1, 0.15) is 49.1 Å². The number of halogens is 1. The molecule has 2 heterocycles. The van der Waals surface area contributed by atoms with E-state index in [1.54, 1.807) is 18.2 Å². The first kappa shape index (κ1) is 22.4. The van der Waals surface area contributed by atoms with Crippen molar-refractivity contribution in [1.29, 1.82) is 0 Å². The van der Waals surface area contributed by atoms with E-state index in [1.165, 1.54) is 0 Å². The zero-order valence-corrected chi connectivity index (χ0v) is 18.4. The van der Waals surface area contributed by atoms with Gasteiger partial charge in [-0.1, -0.05) is 17.7 Å². The molecule has 2 N–H and O–H groups in total. The van der Waals surface area contributed by atoms with Crippen LogP contribution in [0.4, 0.5) is 11.7 Å². The second kappa shape index (κ2) is 10.2. The van der Waals surface area contributed by atoms with E-state index in [0.29, 0.717) is 28.4 Å². The summed E-state index contributed by atoms with van der Waals surface area (Å²) in [5, 5.41) is 16.5. The van der Waals surface area contributed by atoms with E-state index in [9.17, 15) is 9.90 Å². The lowest BCUT2D eigenvalue weighted by Crippen LogP contribution is -2.40. The van der Waals surface area contributed by atoms with Crippen molar-refractivity contribution in [3.63, 3.8) is 0 Å². The number of nitrogens with one attached hydrogen (secondary N) is 1. The monoisotopic (exact) mass is 459 g/mol. The maximum absolute atomic E-state index is 12.6. The van der Waals surface area contributed by atoms with Gasteiger partial charge in [0.15, 0.2) is 0 Å². The Bertz CT molecular complexity index is 975. The van der Waals surface area contributed by atoms with Crippen molar-refractivity contribution in [2.45, 2.75) is 50.7 Å². The van der Waals surface area contributed by atoms with Crippen molar-refractivity contribution in [1.82, 2.24) is 15.5 Å². The lowest BCUT2D eigenvalue weighted by molar-refractivity contribution is 0.0881. The van der Waals surface area contributed by atoms with Crippen LogP contribution in [-0.4, -0.2) is 53.0 Å². The highest BCUT2D eigenvalue weighted by Gasteiger charge is 2.27. The standard InChI is InChI=1S/C22H26ClN5O4/c1-24-19-7-6-17(12-18(19)23)31-16-4-2-15(3-5-16)25-21(30)20-26-22(32-27-20)28-10-8-14(13-29)9-11-28/h6-7,12,14-16,29H,2-5,8-11,13H2,(H,25,30). The number of aromatic nitrogens is 2. The Morgan fingerprint density at radius 1 is 1.28 bits per heavy atom. The number of carbonyl (C=O) groups excluding carboxylic acids is 1. The second-order valence-corrected chi connectivity index (χ2v) is 8.71. The molecule has 2 aromatic rings. The largest absolute Gasteiger partial charge is 0.490 e. The molecule has 1 aromatic carbocycles. The molecule has 0 atom stereocenters. The van der Waals surface area contributed by atoms with Crippen LogP contribution in [0, 0.1) is 12.5 Å². The van der Waals surface area contributed by atoms with Crippen LogP contribution in [-0.2, 0) is 0 Å². The molecule has 170 valence electrons. The molecule has 0 radical (unpaired) electrons. The SMILES string of the molecule is [C-]#[N+]c1ccc(OC2CCC(NC(=O)c3noc(N4CCC(CO)CC4)n3)CC2)cc1Cl. The summed E-state index contributed by atoms with van der Waals surface area (Å²) in [6, 6.07) is 5.46. The fraction of sp³-hybridized carbons (Fsp3) is 0.545. The first-order chi connectivity index (χ1) is 15.6. The fourth-order valence-electron chi connectivity index (χ4n) is 4.16. The third kappa shape index (κ3) is 5.31. The number of aliphatic hydroxyl groups is 1. The normalized spacial score (nSPS) is 21.7. The van der Waals surface area contributed by atoms with E-state index in [-0.39, 0.29) is 30.5 Å². The second-order valence-electron chi connectivity index (χ2n) is 8.30. The average Bonchev–Trinajstić information content (AvgIpc) is 3.31. The maximum Gasteiger partial charge on any atom is 0.324 e. The number of hydrogen-bond donors (Lipinski definition) is 2. The maximum atomic E-state index is 12.6. The minimum atomic E-state index is -0.337. The zero-order chi connectivity index (χ0) is 22.5. The molecular weight excluding hydrogens is 434 g/mol. The Labute approximate surface area is 191 Å². The van der Waals surface area contributed by atoms with Gasteiger partial charge >= 0.3 is 6.01 Å². The van der Waals surface area contributed by atoms with Gasteiger partial charge < -0.3 is 24.6 Å². The molecule has 2 fully saturated rings. The zero-order valence-electron chi connectivity index (χ0n) is 17.7. The van der Waals surface area contributed by atoms with Gasteiger partial charge in [0, 0.05) is 25.7 Å². The summed E-state index contributed by atoms with van der Waals surface area (Å²) >= 11 is 6.08. The summed E-state index contributed by atoms with van der Waals surface area (Å²) in [6.45, 7) is 8.70. The summed E-state index contributed by atoms with van der Waals surface area (Å²) in [4.78, 5) is 22.1. The van der Waals surface area contributed by atoms with Gasteiger partial charge in [-0.25, -0.2) is 4.85 Å². The van der Waals surface area contributed by atoms with E-state index >= 15 is 0 Å². The van der Waals surface area contributed by atoms with Gasteiger partial charge in [0.05, 0.1) is 17.7 Å². The van der Waals surface area contributed by atoms with Crippen molar-refractivity contribution in [2.75, 3.05) is 24.6 Å². The molecule has 4 rings (SSSR count). The smallest absolute Gasteiger partial charge is 0.324 e. The van der Waals surface area contributed by atoms with Gasteiger partial charge in [-0.05, 0) is 61.7 Å². The Kier molecular flexibility index (Phi) is 7.12. The lowest BCUT2D eigenvalue weighted by atomic mass is 9.93. The summed E-state index contributed by atoms with van der Waals surface area (Å²) in [5.41, 5.74) is 0.407. The van der Waals surface area contributed by atoms with E-state index in [0.717, 1.165) is 51.6 Å². The number of piperidine rings is 1. The number of benzene rings is 1. The Hall–Kier alpha value is -2.83. The average molecular weight is 460 g/mol. The number of anilines is 1. The molecule has 1 amide bonds. The molecule has 2 aliphatic rings.